The molecule has 134 valence electrons. The van der Waals surface area contributed by atoms with E-state index in [1.54, 1.807) is 22.3 Å². The number of rotatable bonds is 7. The Morgan fingerprint density at radius 2 is 2.17 bits per heavy atom. The molecule has 0 aromatic carbocycles. The minimum absolute atomic E-state index is 0.0996. The van der Waals surface area contributed by atoms with E-state index >= 15 is 0 Å². The van der Waals surface area contributed by atoms with Gasteiger partial charge in [0.2, 0.25) is 0 Å². The van der Waals surface area contributed by atoms with Crippen LogP contribution in [0.1, 0.15) is 37.4 Å². The summed E-state index contributed by atoms with van der Waals surface area (Å²) in [4.78, 5) is 20.7. The SMILES string of the molecule is C=CCNC(=O)N1CCC(O)(c2csc(CN(CC)CC)n2)CC1. The quantitative estimate of drug-likeness (QED) is 0.738. The smallest absolute Gasteiger partial charge is 0.317 e. The van der Waals surface area contributed by atoms with E-state index in [0.717, 1.165) is 30.3 Å². The third-order valence-corrected chi connectivity index (χ3v) is 5.39. The Balaban J connectivity index is 1.94. The average Bonchev–Trinajstić information content (AvgIpc) is 3.07. The third-order valence-electron chi connectivity index (χ3n) is 4.56. The summed E-state index contributed by atoms with van der Waals surface area (Å²) in [6.45, 7) is 12.2. The van der Waals surface area contributed by atoms with Crippen molar-refractivity contribution in [2.24, 2.45) is 0 Å². The molecule has 0 atom stereocenters. The second-order valence-electron chi connectivity index (χ2n) is 6.08. The minimum Gasteiger partial charge on any atom is -0.383 e. The molecule has 2 amide bonds. The maximum absolute atomic E-state index is 12.0. The van der Waals surface area contributed by atoms with Crippen molar-refractivity contribution in [2.75, 3.05) is 32.7 Å². The summed E-state index contributed by atoms with van der Waals surface area (Å²) in [6, 6.07) is -0.0996. The predicted molar refractivity (Wildman–Crippen MR) is 97.0 cm³/mol. The Hall–Kier alpha value is -1.44. The third kappa shape index (κ3) is 4.55. The summed E-state index contributed by atoms with van der Waals surface area (Å²) in [7, 11) is 0. The van der Waals surface area contributed by atoms with E-state index in [-0.39, 0.29) is 6.03 Å². The van der Waals surface area contributed by atoms with Gasteiger partial charge in [0.1, 0.15) is 10.6 Å². The highest BCUT2D eigenvalue weighted by Gasteiger charge is 2.37. The van der Waals surface area contributed by atoms with E-state index in [4.69, 9.17) is 0 Å². The normalized spacial score (nSPS) is 17.1. The van der Waals surface area contributed by atoms with Gasteiger partial charge in [-0.3, -0.25) is 4.90 Å². The number of thiazole rings is 1. The lowest BCUT2D eigenvalue weighted by Crippen LogP contribution is -2.48. The van der Waals surface area contributed by atoms with Gasteiger partial charge in [0.05, 0.1) is 12.2 Å². The number of hydrogen-bond donors (Lipinski definition) is 2. The average molecular weight is 353 g/mol. The van der Waals surface area contributed by atoms with Crippen LogP contribution in [0.3, 0.4) is 0 Å². The van der Waals surface area contributed by atoms with Gasteiger partial charge in [-0.05, 0) is 25.9 Å². The van der Waals surface area contributed by atoms with Crippen molar-refractivity contribution in [3.8, 4) is 0 Å². The van der Waals surface area contributed by atoms with Crippen molar-refractivity contribution in [3.05, 3.63) is 28.7 Å². The molecule has 0 aliphatic carbocycles. The van der Waals surface area contributed by atoms with Crippen molar-refractivity contribution < 1.29 is 9.90 Å². The lowest BCUT2D eigenvalue weighted by atomic mass is 9.89. The van der Waals surface area contributed by atoms with Gasteiger partial charge in [0.15, 0.2) is 0 Å². The number of hydrogen-bond acceptors (Lipinski definition) is 5. The summed E-state index contributed by atoms with van der Waals surface area (Å²) < 4.78 is 0. The van der Waals surface area contributed by atoms with E-state index in [1.807, 2.05) is 5.38 Å². The second-order valence-corrected chi connectivity index (χ2v) is 7.02. The number of carbonyl (C=O) groups excluding carboxylic acids is 1. The largest absolute Gasteiger partial charge is 0.383 e. The molecule has 1 aliphatic rings. The molecule has 6 nitrogen and oxygen atoms in total. The number of amides is 2. The number of likely N-dealkylation sites (tertiary alicyclic amines) is 1. The molecule has 1 aromatic rings. The fraction of sp³-hybridized carbons (Fsp3) is 0.647. The zero-order valence-corrected chi connectivity index (χ0v) is 15.4. The molecule has 0 radical (unpaired) electrons. The first-order valence-electron chi connectivity index (χ1n) is 8.55. The standard InChI is InChI=1S/C17H28N4O2S/c1-4-9-18-16(22)21-10-7-17(23,8-11-21)14-13-24-15(19-14)12-20(5-2)6-3/h4,13,23H,1,5-12H2,2-3H3,(H,18,22). The van der Waals surface area contributed by atoms with E-state index in [2.05, 4.69) is 35.6 Å². The fourth-order valence-electron chi connectivity index (χ4n) is 2.84. The molecule has 2 N–H and O–H groups in total. The molecule has 2 heterocycles. The Kier molecular flexibility index (Phi) is 6.77. The van der Waals surface area contributed by atoms with Crippen LogP contribution in [-0.4, -0.2) is 58.6 Å². The molecule has 0 unspecified atom stereocenters. The van der Waals surface area contributed by atoms with Crippen LogP contribution in [-0.2, 0) is 12.1 Å². The predicted octanol–water partition coefficient (Wildman–Crippen LogP) is 2.16. The number of piperidine rings is 1. The molecule has 1 aromatic heterocycles. The monoisotopic (exact) mass is 352 g/mol. The molecule has 1 aliphatic heterocycles. The van der Waals surface area contributed by atoms with Crippen LogP contribution in [0.25, 0.3) is 0 Å². The van der Waals surface area contributed by atoms with Gasteiger partial charge in [-0.15, -0.1) is 17.9 Å². The van der Waals surface area contributed by atoms with Gasteiger partial charge in [-0.1, -0.05) is 19.9 Å². The summed E-state index contributed by atoms with van der Waals surface area (Å²) in [6.07, 6.45) is 2.69. The van der Waals surface area contributed by atoms with Crippen LogP contribution >= 0.6 is 11.3 Å². The van der Waals surface area contributed by atoms with Gasteiger partial charge in [-0.25, -0.2) is 9.78 Å². The lowest BCUT2D eigenvalue weighted by molar-refractivity contribution is -0.0199. The first-order valence-corrected chi connectivity index (χ1v) is 9.43. The van der Waals surface area contributed by atoms with Crippen molar-refractivity contribution in [1.82, 2.24) is 20.1 Å². The lowest BCUT2D eigenvalue weighted by Gasteiger charge is -2.37. The number of aliphatic hydroxyl groups is 1. The zero-order valence-electron chi connectivity index (χ0n) is 14.6. The number of nitrogens with one attached hydrogen (secondary N) is 1. The molecule has 24 heavy (non-hydrogen) atoms. The molecule has 2 rings (SSSR count). The van der Waals surface area contributed by atoms with E-state index in [1.165, 1.54) is 0 Å². The van der Waals surface area contributed by atoms with Crippen molar-refractivity contribution in [1.29, 1.82) is 0 Å². The van der Waals surface area contributed by atoms with Gasteiger partial charge in [-0.2, -0.15) is 0 Å². The van der Waals surface area contributed by atoms with E-state index in [0.29, 0.717) is 32.5 Å². The van der Waals surface area contributed by atoms with Gasteiger partial charge in [0.25, 0.3) is 0 Å². The molecule has 0 spiro atoms. The molecular formula is C17H28N4O2S. The first-order chi connectivity index (χ1) is 11.5. The Morgan fingerprint density at radius 1 is 1.50 bits per heavy atom. The molecule has 0 bridgehead atoms. The highest BCUT2D eigenvalue weighted by molar-refractivity contribution is 7.09. The van der Waals surface area contributed by atoms with Crippen LogP contribution in [0.5, 0.6) is 0 Å². The minimum atomic E-state index is -0.923. The summed E-state index contributed by atoms with van der Waals surface area (Å²) in [5.41, 5.74) is -0.173. The van der Waals surface area contributed by atoms with Gasteiger partial charge < -0.3 is 15.3 Å². The molecule has 7 heteroatoms. The van der Waals surface area contributed by atoms with Crippen molar-refractivity contribution >= 4 is 17.4 Å². The molecular weight excluding hydrogens is 324 g/mol. The summed E-state index contributed by atoms with van der Waals surface area (Å²) >= 11 is 1.60. The molecule has 1 fully saturated rings. The summed E-state index contributed by atoms with van der Waals surface area (Å²) in [5.74, 6) is 0. The van der Waals surface area contributed by atoms with Crippen molar-refractivity contribution in [2.45, 2.75) is 38.8 Å². The van der Waals surface area contributed by atoms with Gasteiger partial charge in [0, 0.05) is 25.0 Å². The highest BCUT2D eigenvalue weighted by Crippen LogP contribution is 2.33. The topological polar surface area (TPSA) is 68.7 Å². The Morgan fingerprint density at radius 3 is 2.75 bits per heavy atom. The fourth-order valence-corrected chi connectivity index (χ4v) is 3.77. The number of carbonyl (C=O) groups is 1. The Labute approximate surface area is 148 Å². The van der Waals surface area contributed by atoms with Crippen LogP contribution < -0.4 is 5.32 Å². The Bertz CT molecular complexity index is 549. The van der Waals surface area contributed by atoms with Crippen LogP contribution in [0.4, 0.5) is 4.79 Å². The van der Waals surface area contributed by atoms with E-state index in [9.17, 15) is 9.90 Å². The molecule has 1 saturated heterocycles. The van der Waals surface area contributed by atoms with Crippen molar-refractivity contribution in [3.63, 3.8) is 0 Å². The van der Waals surface area contributed by atoms with Crippen LogP contribution in [0.2, 0.25) is 0 Å². The number of nitrogens with zero attached hydrogens (tertiary/aromatic N) is 3. The zero-order chi connectivity index (χ0) is 17.6. The first kappa shape index (κ1) is 18.9. The second kappa shape index (κ2) is 8.60. The number of aromatic nitrogens is 1. The highest BCUT2D eigenvalue weighted by atomic mass is 32.1. The maximum atomic E-state index is 12.0. The van der Waals surface area contributed by atoms with E-state index < -0.39 is 5.60 Å². The number of urea groups is 1. The maximum Gasteiger partial charge on any atom is 0.317 e. The summed E-state index contributed by atoms with van der Waals surface area (Å²) in [5, 5.41) is 16.7. The molecule has 0 saturated carbocycles. The van der Waals surface area contributed by atoms with Crippen LogP contribution in [0, 0.1) is 0 Å². The van der Waals surface area contributed by atoms with Gasteiger partial charge >= 0.3 is 6.03 Å². The van der Waals surface area contributed by atoms with Crippen LogP contribution in [0.15, 0.2) is 18.0 Å².